The highest BCUT2D eigenvalue weighted by atomic mass is 15.0. The molecule has 122 valence electrons. The third-order valence-corrected chi connectivity index (χ3v) is 4.31. The van der Waals surface area contributed by atoms with E-state index < -0.39 is 0 Å². The summed E-state index contributed by atoms with van der Waals surface area (Å²) < 4.78 is 0. The van der Waals surface area contributed by atoms with Gasteiger partial charge < -0.3 is 5.32 Å². The van der Waals surface area contributed by atoms with Gasteiger partial charge in [0, 0.05) is 29.0 Å². The first-order chi connectivity index (χ1) is 12.2. The number of para-hydroxylation sites is 1. The number of fused-ring (bicyclic) bond motifs is 1. The van der Waals surface area contributed by atoms with Gasteiger partial charge in [0.1, 0.15) is 5.82 Å². The molecule has 4 aromatic rings. The third kappa shape index (κ3) is 3.06. The molecule has 0 aliphatic heterocycles. The summed E-state index contributed by atoms with van der Waals surface area (Å²) in [6, 6.07) is 18.2. The molecular weight excluding hydrogens is 308 g/mol. The average molecular weight is 326 g/mol. The summed E-state index contributed by atoms with van der Waals surface area (Å²) in [5, 5.41) is 4.46. The Labute approximate surface area is 146 Å². The lowest BCUT2D eigenvalue weighted by molar-refractivity contribution is 1.21. The van der Waals surface area contributed by atoms with Gasteiger partial charge in [0.05, 0.1) is 5.52 Å². The quantitative estimate of drug-likeness (QED) is 0.572. The summed E-state index contributed by atoms with van der Waals surface area (Å²) in [6.07, 6.45) is 3.51. The highest BCUT2D eigenvalue weighted by molar-refractivity contribution is 5.92. The lowest BCUT2D eigenvalue weighted by Gasteiger charge is -2.12. The second-order valence-corrected chi connectivity index (χ2v) is 6.07. The molecule has 2 heterocycles. The zero-order chi connectivity index (χ0) is 17.2. The van der Waals surface area contributed by atoms with Crippen molar-refractivity contribution in [2.24, 2.45) is 0 Å². The lowest BCUT2D eigenvalue weighted by atomic mass is 10.1. The second kappa shape index (κ2) is 6.32. The molecule has 4 heteroatoms. The first kappa shape index (κ1) is 15.3. The summed E-state index contributed by atoms with van der Waals surface area (Å²) in [5.41, 5.74) is 5.40. The van der Waals surface area contributed by atoms with Gasteiger partial charge in [0.25, 0.3) is 0 Å². The summed E-state index contributed by atoms with van der Waals surface area (Å²) in [6.45, 7) is 4.22. The number of pyridine rings is 1. The van der Waals surface area contributed by atoms with Crippen LogP contribution in [-0.4, -0.2) is 15.0 Å². The van der Waals surface area contributed by atoms with E-state index in [0.29, 0.717) is 5.82 Å². The number of benzene rings is 2. The van der Waals surface area contributed by atoms with Crippen LogP contribution >= 0.6 is 0 Å². The van der Waals surface area contributed by atoms with Crippen LogP contribution in [-0.2, 0) is 0 Å². The van der Waals surface area contributed by atoms with Crippen molar-refractivity contribution < 1.29 is 0 Å². The minimum absolute atomic E-state index is 0.687. The summed E-state index contributed by atoms with van der Waals surface area (Å²) in [4.78, 5) is 13.5. The molecule has 0 unspecified atom stereocenters. The van der Waals surface area contributed by atoms with Gasteiger partial charge in [-0.1, -0.05) is 18.2 Å². The zero-order valence-electron chi connectivity index (χ0n) is 14.2. The largest absolute Gasteiger partial charge is 0.340 e. The third-order valence-electron chi connectivity index (χ3n) is 4.31. The van der Waals surface area contributed by atoms with Crippen molar-refractivity contribution in [2.45, 2.75) is 13.8 Å². The maximum absolute atomic E-state index is 4.77. The molecule has 0 amide bonds. The molecule has 0 fully saturated rings. The van der Waals surface area contributed by atoms with Gasteiger partial charge in [0.15, 0.2) is 5.82 Å². The molecule has 0 aliphatic rings. The maximum Gasteiger partial charge on any atom is 0.162 e. The standard InChI is InChI=1S/C21H18N4/c1-14-7-8-17(13-15(14)2)23-21-18-5-3-4-6-19(18)24-20(25-21)16-9-11-22-12-10-16/h3-13H,1-2H3,(H,23,24,25). The molecule has 0 atom stereocenters. The van der Waals surface area contributed by atoms with E-state index in [1.165, 1.54) is 11.1 Å². The normalized spacial score (nSPS) is 10.8. The number of nitrogens with zero attached hydrogens (tertiary/aromatic N) is 3. The molecule has 0 spiro atoms. The van der Waals surface area contributed by atoms with E-state index in [0.717, 1.165) is 28.0 Å². The van der Waals surface area contributed by atoms with E-state index in [4.69, 9.17) is 9.97 Å². The van der Waals surface area contributed by atoms with Crippen molar-refractivity contribution in [2.75, 3.05) is 5.32 Å². The fourth-order valence-corrected chi connectivity index (χ4v) is 2.76. The molecule has 4 nitrogen and oxygen atoms in total. The molecule has 1 N–H and O–H groups in total. The van der Waals surface area contributed by atoms with Crippen LogP contribution in [0.25, 0.3) is 22.3 Å². The number of aromatic nitrogens is 3. The highest BCUT2D eigenvalue weighted by Gasteiger charge is 2.10. The molecular formula is C21H18N4. The fourth-order valence-electron chi connectivity index (χ4n) is 2.76. The monoisotopic (exact) mass is 326 g/mol. The second-order valence-electron chi connectivity index (χ2n) is 6.07. The first-order valence-electron chi connectivity index (χ1n) is 8.22. The average Bonchev–Trinajstić information content (AvgIpc) is 2.65. The highest BCUT2D eigenvalue weighted by Crippen LogP contribution is 2.27. The Hall–Kier alpha value is -3.27. The predicted molar refractivity (Wildman–Crippen MR) is 102 cm³/mol. The van der Waals surface area contributed by atoms with Gasteiger partial charge in [0.2, 0.25) is 0 Å². The predicted octanol–water partition coefficient (Wildman–Crippen LogP) is 5.05. The van der Waals surface area contributed by atoms with Gasteiger partial charge in [-0.05, 0) is 61.4 Å². The Balaban J connectivity index is 1.85. The molecule has 0 radical (unpaired) electrons. The smallest absolute Gasteiger partial charge is 0.162 e. The van der Waals surface area contributed by atoms with Crippen LogP contribution in [0.2, 0.25) is 0 Å². The van der Waals surface area contributed by atoms with Crippen LogP contribution in [0.1, 0.15) is 11.1 Å². The number of aryl methyl sites for hydroxylation is 2. The minimum Gasteiger partial charge on any atom is -0.340 e. The Morgan fingerprint density at radius 1 is 0.800 bits per heavy atom. The van der Waals surface area contributed by atoms with Gasteiger partial charge in [-0.25, -0.2) is 9.97 Å². The SMILES string of the molecule is Cc1ccc(Nc2nc(-c3ccncc3)nc3ccccc23)cc1C. The van der Waals surface area contributed by atoms with Crippen LogP contribution in [0.4, 0.5) is 11.5 Å². The van der Waals surface area contributed by atoms with Gasteiger partial charge in [-0.2, -0.15) is 0 Å². The number of rotatable bonds is 3. The van der Waals surface area contributed by atoms with Crippen molar-refractivity contribution >= 4 is 22.4 Å². The van der Waals surface area contributed by atoms with Gasteiger partial charge in [-0.3, -0.25) is 4.98 Å². The van der Waals surface area contributed by atoms with Crippen LogP contribution in [0.15, 0.2) is 67.0 Å². The van der Waals surface area contributed by atoms with E-state index in [1.807, 2.05) is 36.4 Å². The summed E-state index contributed by atoms with van der Waals surface area (Å²) >= 11 is 0. The van der Waals surface area contributed by atoms with E-state index in [-0.39, 0.29) is 0 Å². The molecule has 0 saturated carbocycles. The number of hydrogen-bond donors (Lipinski definition) is 1. The number of anilines is 2. The van der Waals surface area contributed by atoms with Crippen LogP contribution in [0.3, 0.4) is 0 Å². The lowest BCUT2D eigenvalue weighted by Crippen LogP contribution is -2.00. The van der Waals surface area contributed by atoms with Crippen LogP contribution in [0, 0.1) is 13.8 Å². The van der Waals surface area contributed by atoms with Crippen LogP contribution < -0.4 is 5.32 Å². The van der Waals surface area contributed by atoms with E-state index in [1.54, 1.807) is 12.4 Å². The van der Waals surface area contributed by atoms with E-state index >= 15 is 0 Å². The first-order valence-corrected chi connectivity index (χ1v) is 8.22. The van der Waals surface area contributed by atoms with Crippen LogP contribution in [0.5, 0.6) is 0 Å². The molecule has 2 aromatic heterocycles. The maximum atomic E-state index is 4.77. The van der Waals surface area contributed by atoms with Crippen molar-refractivity contribution in [3.8, 4) is 11.4 Å². The summed E-state index contributed by atoms with van der Waals surface area (Å²) in [7, 11) is 0. The molecule has 0 bridgehead atoms. The topological polar surface area (TPSA) is 50.7 Å². The van der Waals surface area contributed by atoms with Crippen molar-refractivity contribution in [1.29, 1.82) is 0 Å². The van der Waals surface area contributed by atoms with Crippen molar-refractivity contribution in [3.63, 3.8) is 0 Å². The fraction of sp³-hybridized carbons (Fsp3) is 0.0952. The Bertz CT molecular complexity index is 1040. The Morgan fingerprint density at radius 2 is 1.60 bits per heavy atom. The van der Waals surface area contributed by atoms with Crippen molar-refractivity contribution in [3.05, 3.63) is 78.1 Å². The van der Waals surface area contributed by atoms with Gasteiger partial charge in [-0.15, -0.1) is 0 Å². The molecule has 2 aromatic carbocycles. The Kier molecular flexibility index (Phi) is 3.86. The summed E-state index contributed by atoms with van der Waals surface area (Å²) in [5.74, 6) is 1.49. The Morgan fingerprint density at radius 3 is 2.40 bits per heavy atom. The van der Waals surface area contributed by atoms with Gasteiger partial charge >= 0.3 is 0 Å². The van der Waals surface area contributed by atoms with E-state index in [9.17, 15) is 0 Å². The molecule has 0 saturated heterocycles. The van der Waals surface area contributed by atoms with E-state index in [2.05, 4.69) is 42.3 Å². The van der Waals surface area contributed by atoms with Crippen molar-refractivity contribution in [1.82, 2.24) is 15.0 Å². The molecule has 25 heavy (non-hydrogen) atoms. The number of nitrogens with one attached hydrogen (secondary N) is 1. The molecule has 4 rings (SSSR count). The minimum atomic E-state index is 0.687. The zero-order valence-corrected chi connectivity index (χ0v) is 14.2. The molecule has 0 aliphatic carbocycles. The number of hydrogen-bond acceptors (Lipinski definition) is 4.